The summed E-state index contributed by atoms with van der Waals surface area (Å²) in [6, 6.07) is 3.85. The maximum Gasteiger partial charge on any atom is 0.281 e. The van der Waals surface area contributed by atoms with E-state index in [2.05, 4.69) is 19.5 Å². The van der Waals surface area contributed by atoms with E-state index >= 15 is 0 Å². The number of fused-ring (bicyclic) bond motifs is 1. The quantitative estimate of drug-likeness (QED) is 0.514. The first-order chi connectivity index (χ1) is 15.9. The van der Waals surface area contributed by atoms with Gasteiger partial charge in [-0.25, -0.2) is 26.5 Å². The van der Waals surface area contributed by atoms with Crippen molar-refractivity contribution >= 4 is 37.3 Å². The summed E-state index contributed by atoms with van der Waals surface area (Å²) in [5.41, 5.74) is -0.442. The molecule has 2 heterocycles. The number of aromatic hydroxyl groups is 1. The van der Waals surface area contributed by atoms with E-state index in [1.807, 2.05) is 13.8 Å². The molecule has 1 fully saturated rings. The fourth-order valence-electron chi connectivity index (χ4n) is 3.82. The Morgan fingerprint density at radius 3 is 2.59 bits per heavy atom. The molecule has 0 spiro atoms. The molecule has 1 aliphatic heterocycles. The molecule has 34 heavy (non-hydrogen) atoms. The van der Waals surface area contributed by atoms with Crippen molar-refractivity contribution in [3.05, 3.63) is 39.8 Å². The molecule has 4 rings (SSSR count). The monoisotopic (exact) mass is 509 g/mol. The van der Waals surface area contributed by atoms with Gasteiger partial charge >= 0.3 is 0 Å². The summed E-state index contributed by atoms with van der Waals surface area (Å²) in [4.78, 5) is 17.3. The van der Waals surface area contributed by atoms with Crippen molar-refractivity contribution in [3.8, 4) is 5.75 Å². The number of hydrogen-bond acceptors (Lipinski definition) is 8. The second-order valence-electron chi connectivity index (χ2n) is 9.07. The van der Waals surface area contributed by atoms with Crippen LogP contribution in [0, 0.1) is 5.92 Å². The van der Waals surface area contributed by atoms with Crippen LogP contribution in [0.1, 0.15) is 56.7 Å². The van der Waals surface area contributed by atoms with Crippen LogP contribution in [0.25, 0.3) is 0 Å². The molecule has 0 bridgehead atoms. The number of sulfonamides is 2. The van der Waals surface area contributed by atoms with Gasteiger partial charge in [0, 0.05) is 18.2 Å². The first kappa shape index (κ1) is 24.2. The van der Waals surface area contributed by atoms with E-state index < -0.39 is 25.6 Å². The Labute approximate surface area is 198 Å². The smallest absolute Gasteiger partial charge is 0.281 e. The van der Waals surface area contributed by atoms with E-state index in [4.69, 9.17) is 0 Å². The predicted octanol–water partition coefficient (Wildman–Crippen LogP) is 2.00. The van der Waals surface area contributed by atoms with Gasteiger partial charge in [0.1, 0.15) is 16.2 Å². The van der Waals surface area contributed by atoms with Crippen molar-refractivity contribution in [1.29, 1.82) is 0 Å². The first-order valence-electron chi connectivity index (χ1n) is 10.9. The average Bonchev–Trinajstić information content (AvgIpc) is 2.66. The second-order valence-corrected chi connectivity index (χ2v) is 12.5. The molecule has 1 aromatic heterocycles. The van der Waals surface area contributed by atoms with Gasteiger partial charge in [-0.3, -0.25) is 14.2 Å². The highest BCUT2D eigenvalue weighted by Gasteiger charge is 2.34. The predicted molar refractivity (Wildman–Crippen MR) is 128 cm³/mol. The molecule has 1 saturated carbocycles. The number of amidine groups is 1. The highest BCUT2D eigenvalue weighted by atomic mass is 32.2. The molecule has 0 saturated heterocycles. The van der Waals surface area contributed by atoms with Gasteiger partial charge < -0.3 is 5.11 Å². The van der Waals surface area contributed by atoms with Crippen molar-refractivity contribution < 1.29 is 21.9 Å². The van der Waals surface area contributed by atoms with E-state index in [1.54, 1.807) is 0 Å². The molecular weight excluding hydrogens is 482 g/mol. The van der Waals surface area contributed by atoms with Gasteiger partial charge in [-0.15, -0.1) is 0 Å². The van der Waals surface area contributed by atoms with Gasteiger partial charge in [0.25, 0.3) is 15.6 Å². The Balaban J connectivity index is 1.86. The molecule has 1 aromatic carbocycles. The van der Waals surface area contributed by atoms with Crippen molar-refractivity contribution in [1.82, 2.24) is 14.5 Å². The van der Waals surface area contributed by atoms with Crippen LogP contribution in [-0.4, -0.2) is 43.8 Å². The lowest BCUT2D eigenvalue weighted by Gasteiger charge is -2.27. The lowest BCUT2D eigenvalue weighted by molar-refractivity contribution is 0.362. The van der Waals surface area contributed by atoms with Crippen LogP contribution >= 0.6 is 0 Å². The summed E-state index contributed by atoms with van der Waals surface area (Å²) in [6.45, 7) is 4.35. The summed E-state index contributed by atoms with van der Waals surface area (Å²) in [5, 5.41) is 15.4. The molecule has 2 aromatic rings. The van der Waals surface area contributed by atoms with Gasteiger partial charge in [-0.05, 0) is 43.4 Å². The van der Waals surface area contributed by atoms with Gasteiger partial charge in [-0.1, -0.05) is 20.3 Å². The number of nitrogens with zero attached hydrogens (tertiary/aromatic N) is 3. The second kappa shape index (κ2) is 8.69. The molecule has 2 aliphatic rings. The zero-order valence-electron chi connectivity index (χ0n) is 19.1. The van der Waals surface area contributed by atoms with E-state index in [9.17, 15) is 26.7 Å². The van der Waals surface area contributed by atoms with Gasteiger partial charge in [0.05, 0.1) is 11.9 Å². The Kier molecular flexibility index (Phi) is 6.19. The lowest BCUT2D eigenvalue weighted by atomic mass is 9.82. The number of hydrogen-bond donors (Lipinski definition) is 3. The number of aromatic nitrogens is 2. The summed E-state index contributed by atoms with van der Waals surface area (Å²) in [7, 11) is -7.83. The van der Waals surface area contributed by atoms with Crippen LogP contribution < -0.4 is 15.0 Å². The van der Waals surface area contributed by atoms with Gasteiger partial charge in [-0.2, -0.15) is 5.10 Å². The molecule has 0 amide bonds. The number of anilines is 1. The minimum absolute atomic E-state index is 0.0117. The third-order valence-electron chi connectivity index (χ3n) is 5.82. The fourth-order valence-corrected chi connectivity index (χ4v) is 5.55. The van der Waals surface area contributed by atoms with E-state index in [-0.39, 0.29) is 39.3 Å². The summed E-state index contributed by atoms with van der Waals surface area (Å²) in [5.74, 6) is -0.358. The zero-order chi connectivity index (χ0) is 24.8. The summed E-state index contributed by atoms with van der Waals surface area (Å²) in [6.07, 6.45) is 4.25. The minimum atomic E-state index is -4.21. The van der Waals surface area contributed by atoms with Crippen LogP contribution in [-0.2, 0) is 26.6 Å². The van der Waals surface area contributed by atoms with Crippen molar-refractivity contribution in [3.63, 3.8) is 0 Å². The number of rotatable bonds is 7. The minimum Gasteiger partial charge on any atom is -0.505 e. The van der Waals surface area contributed by atoms with Crippen LogP contribution in [0.4, 0.5) is 11.4 Å². The largest absolute Gasteiger partial charge is 0.505 e. The molecule has 1 aliphatic carbocycles. The third-order valence-corrected chi connectivity index (χ3v) is 7.79. The first-order valence-corrected chi connectivity index (χ1v) is 14.3. The molecule has 3 N–H and O–H groups in total. The van der Waals surface area contributed by atoms with E-state index in [0.717, 1.165) is 31.6 Å². The Morgan fingerprint density at radius 2 is 2.00 bits per heavy atom. The van der Waals surface area contributed by atoms with Crippen LogP contribution in [0.5, 0.6) is 5.75 Å². The molecule has 0 radical (unpaired) electrons. The van der Waals surface area contributed by atoms with Crippen LogP contribution in [0.15, 0.2) is 32.9 Å². The molecule has 0 atom stereocenters. The van der Waals surface area contributed by atoms with E-state index in [0.29, 0.717) is 24.6 Å². The third kappa shape index (κ3) is 4.80. The van der Waals surface area contributed by atoms with E-state index in [1.165, 1.54) is 16.8 Å². The molecule has 13 heteroatoms. The Bertz CT molecular complexity index is 1440. The summed E-state index contributed by atoms with van der Waals surface area (Å²) < 4.78 is 54.8. The number of aryl methyl sites for hydroxylation is 1. The number of benzene rings is 1. The lowest BCUT2D eigenvalue weighted by Crippen LogP contribution is -2.40. The molecule has 0 unspecified atom stereocenters. The Morgan fingerprint density at radius 1 is 1.29 bits per heavy atom. The SMILES string of the molecule is CC(C)CCn1nc(C2CCC2)c(O)c(C2=Nc3ccc(NS(C)(=O)=O)cc3S(=O)(=O)N2)c1=O. The maximum atomic E-state index is 13.3. The van der Waals surface area contributed by atoms with Gasteiger partial charge in [0.2, 0.25) is 10.0 Å². The highest BCUT2D eigenvalue weighted by Crippen LogP contribution is 2.40. The maximum absolute atomic E-state index is 13.3. The standard InChI is InChI=1S/C21H27N5O6S2/c1-12(2)9-10-26-21(28)17(19(27)18(23-26)13-5-4-6-13)20-22-15-8-7-14(24-33(3,29)30)11-16(15)34(31,32)25-20/h7-8,11-13,24,27H,4-6,9-10H2,1-3H3,(H,22,25). The zero-order valence-corrected chi connectivity index (χ0v) is 20.7. The van der Waals surface area contributed by atoms with Gasteiger partial charge in [0.15, 0.2) is 11.6 Å². The topological polar surface area (TPSA) is 160 Å². The van der Waals surface area contributed by atoms with Crippen molar-refractivity contribution in [2.24, 2.45) is 10.9 Å². The Hall–Kier alpha value is -2.93. The van der Waals surface area contributed by atoms with Crippen molar-refractivity contribution in [2.45, 2.75) is 56.9 Å². The summed E-state index contributed by atoms with van der Waals surface area (Å²) >= 11 is 0. The number of aliphatic imine (C=N–C) groups is 1. The average molecular weight is 510 g/mol. The normalized spacial score (nSPS) is 17.5. The molecular formula is C21H27N5O6S2. The molecule has 184 valence electrons. The van der Waals surface area contributed by atoms with Crippen LogP contribution in [0.2, 0.25) is 0 Å². The fraction of sp³-hybridized carbons (Fsp3) is 0.476. The molecule has 11 nitrogen and oxygen atoms in total. The van der Waals surface area contributed by atoms with Crippen molar-refractivity contribution in [2.75, 3.05) is 11.0 Å². The highest BCUT2D eigenvalue weighted by molar-refractivity contribution is 7.92. The number of nitrogens with one attached hydrogen (secondary N) is 2. The van der Waals surface area contributed by atoms with Crippen LogP contribution in [0.3, 0.4) is 0 Å².